The molecule has 2 rings (SSSR count). The molecule has 1 aromatic heterocycles. The quantitative estimate of drug-likeness (QED) is 0.776. The second kappa shape index (κ2) is 4.40. The summed E-state index contributed by atoms with van der Waals surface area (Å²) in [6, 6.07) is 4.07. The molecule has 1 N–H and O–H groups in total. The highest BCUT2D eigenvalue weighted by molar-refractivity contribution is 5.94. The van der Waals surface area contributed by atoms with Gasteiger partial charge < -0.3 is 10.2 Å². The van der Waals surface area contributed by atoms with Gasteiger partial charge in [0, 0.05) is 37.1 Å². The lowest BCUT2D eigenvalue weighted by Crippen LogP contribution is -2.45. The van der Waals surface area contributed by atoms with E-state index in [1.807, 2.05) is 24.1 Å². The first-order valence-electron chi connectivity index (χ1n) is 5.19. The topological polar surface area (TPSA) is 45.2 Å². The summed E-state index contributed by atoms with van der Waals surface area (Å²) in [4.78, 5) is 17.6. The molecule has 0 bridgehead atoms. The van der Waals surface area contributed by atoms with E-state index in [1.165, 1.54) is 0 Å². The number of nitrogens with one attached hydrogen (secondary N) is 1. The van der Waals surface area contributed by atoms with Crippen LogP contribution in [0.4, 0.5) is 5.69 Å². The van der Waals surface area contributed by atoms with Crippen LogP contribution < -0.4 is 10.2 Å². The molecule has 4 heteroatoms. The van der Waals surface area contributed by atoms with Gasteiger partial charge in [0.1, 0.15) is 0 Å². The van der Waals surface area contributed by atoms with Gasteiger partial charge in [0.25, 0.3) is 0 Å². The maximum Gasteiger partial charge on any atom is 0.228 e. The zero-order valence-corrected chi connectivity index (χ0v) is 8.81. The van der Waals surface area contributed by atoms with Crippen LogP contribution in [0.2, 0.25) is 0 Å². The van der Waals surface area contributed by atoms with Crippen LogP contribution in [-0.4, -0.2) is 30.5 Å². The van der Waals surface area contributed by atoms with E-state index in [-0.39, 0.29) is 5.91 Å². The standard InChI is InChI=1S/C11H15N3O/c1-12-9-4-7-14(11(15)8-9)10-2-5-13-6-3-10/h2-3,5-6,9,12H,4,7-8H2,1H3. The molecule has 1 aromatic rings. The fourth-order valence-electron chi connectivity index (χ4n) is 1.88. The first kappa shape index (κ1) is 10.1. The molecule has 4 nitrogen and oxygen atoms in total. The Labute approximate surface area is 89.3 Å². The minimum atomic E-state index is 0.187. The highest BCUT2D eigenvalue weighted by Crippen LogP contribution is 2.19. The summed E-state index contributed by atoms with van der Waals surface area (Å²) < 4.78 is 0. The van der Waals surface area contributed by atoms with Gasteiger partial charge in [0.15, 0.2) is 0 Å². The van der Waals surface area contributed by atoms with Crippen molar-refractivity contribution < 1.29 is 4.79 Å². The molecular formula is C11H15N3O. The van der Waals surface area contributed by atoms with Crippen molar-refractivity contribution in [1.29, 1.82) is 0 Å². The summed E-state index contributed by atoms with van der Waals surface area (Å²) in [5.41, 5.74) is 0.949. The Morgan fingerprint density at radius 3 is 2.80 bits per heavy atom. The summed E-state index contributed by atoms with van der Waals surface area (Å²) in [5, 5.41) is 3.15. The zero-order valence-electron chi connectivity index (χ0n) is 8.81. The van der Waals surface area contributed by atoms with Crippen molar-refractivity contribution in [3.05, 3.63) is 24.5 Å². The van der Waals surface area contributed by atoms with Gasteiger partial charge in [-0.15, -0.1) is 0 Å². The fourth-order valence-corrected chi connectivity index (χ4v) is 1.88. The summed E-state index contributed by atoms with van der Waals surface area (Å²) in [7, 11) is 1.90. The van der Waals surface area contributed by atoms with Crippen LogP contribution in [-0.2, 0) is 4.79 Å². The minimum Gasteiger partial charge on any atom is -0.316 e. The predicted molar refractivity (Wildman–Crippen MR) is 58.7 cm³/mol. The monoisotopic (exact) mass is 205 g/mol. The van der Waals surface area contributed by atoms with E-state index in [4.69, 9.17) is 0 Å². The molecule has 1 atom stereocenters. The van der Waals surface area contributed by atoms with E-state index < -0.39 is 0 Å². The van der Waals surface area contributed by atoms with Gasteiger partial charge in [0.2, 0.25) is 5.91 Å². The summed E-state index contributed by atoms with van der Waals surface area (Å²) in [5.74, 6) is 0.187. The molecule has 0 spiro atoms. The van der Waals surface area contributed by atoms with Gasteiger partial charge in [-0.05, 0) is 25.6 Å². The molecule has 0 saturated carbocycles. The molecule has 1 amide bonds. The van der Waals surface area contributed by atoms with Crippen LogP contribution in [0.3, 0.4) is 0 Å². The lowest BCUT2D eigenvalue weighted by molar-refractivity contribution is -0.120. The number of hydrogen-bond acceptors (Lipinski definition) is 3. The van der Waals surface area contributed by atoms with Gasteiger partial charge in [-0.2, -0.15) is 0 Å². The number of rotatable bonds is 2. The van der Waals surface area contributed by atoms with Crippen LogP contribution in [0.25, 0.3) is 0 Å². The number of hydrogen-bond donors (Lipinski definition) is 1. The summed E-state index contributed by atoms with van der Waals surface area (Å²) >= 11 is 0. The molecule has 80 valence electrons. The Morgan fingerprint density at radius 2 is 2.20 bits per heavy atom. The summed E-state index contributed by atoms with van der Waals surface area (Å²) in [6.07, 6.45) is 5.02. The molecule has 15 heavy (non-hydrogen) atoms. The first-order chi connectivity index (χ1) is 7.31. The smallest absolute Gasteiger partial charge is 0.228 e. The molecule has 0 radical (unpaired) electrons. The van der Waals surface area contributed by atoms with Gasteiger partial charge in [-0.3, -0.25) is 9.78 Å². The number of aromatic nitrogens is 1. The molecule has 1 aliphatic rings. The fraction of sp³-hybridized carbons (Fsp3) is 0.455. The average molecular weight is 205 g/mol. The molecule has 1 saturated heterocycles. The Hall–Kier alpha value is -1.42. The van der Waals surface area contributed by atoms with E-state index >= 15 is 0 Å². The first-order valence-corrected chi connectivity index (χ1v) is 5.19. The Morgan fingerprint density at radius 1 is 1.47 bits per heavy atom. The van der Waals surface area contributed by atoms with Crippen molar-refractivity contribution in [2.75, 3.05) is 18.5 Å². The van der Waals surface area contributed by atoms with E-state index in [1.54, 1.807) is 12.4 Å². The third-order valence-corrected chi connectivity index (χ3v) is 2.81. The lowest BCUT2D eigenvalue weighted by atomic mass is 10.0. The molecule has 2 heterocycles. The average Bonchev–Trinajstić information content (AvgIpc) is 2.30. The van der Waals surface area contributed by atoms with Crippen molar-refractivity contribution in [2.45, 2.75) is 18.9 Å². The highest BCUT2D eigenvalue weighted by Gasteiger charge is 2.25. The van der Waals surface area contributed by atoms with E-state index in [0.717, 1.165) is 18.7 Å². The van der Waals surface area contributed by atoms with Crippen molar-refractivity contribution in [3.8, 4) is 0 Å². The molecule has 0 aromatic carbocycles. The second-order valence-electron chi connectivity index (χ2n) is 3.73. The third-order valence-electron chi connectivity index (χ3n) is 2.81. The van der Waals surface area contributed by atoms with Crippen molar-refractivity contribution in [2.24, 2.45) is 0 Å². The molecule has 1 unspecified atom stereocenters. The maximum absolute atomic E-state index is 11.8. The number of piperidine rings is 1. The number of amides is 1. The van der Waals surface area contributed by atoms with Crippen LogP contribution in [0, 0.1) is 0 Å². The lowest BCUT2D eigenvalue weighted by Gasteiger charge is -2.31. The zero-order chi connectivity index (χ0) is 10.7. The van der Waals surface area contributed by atoms with Crippen molar-refractivity contribution in [3.63, 3.8) is 0 Å². The Bertz CT molecular complexity index is 339. The van der Waals surface area contributed by atoms with Crippen molar-refractivity contribution in [1.82, 2.24) is 10.3 Å². The Kier molecular flexibility index (Phi) is 2.97. The number of carbonyl (C=O) groups excluding carboxylic acids is 1. The number of carbonyl (C=O) groups is 1. The number of anilines is 1. The highest BCUT2D eigenvalue weighted by atomic mass is 16.2. The molecule has 1 aliphatic heterocycles. The third kappa shape index (κ3) is 2.15. The van der Waals surface area contributed by atoms with Crippen LogP contribution in [0.5, 0.6) is 0 Å². The van der Waals surface area contributed by atoms with E-state index in [9.17, 15) is 4.79 Å². The molecular weight excluding hydrogens is 190 g/mol. The van der Waals surface area contributed by atoms with E-state index in [0.29, 0.717) is 12.5 Å². The largest absolute Gasteiger partial charge is 0.316 e. The summed E-state index contributed by atoms with van der Waals surface area (Å²) in [6.45, 7) is 0.786. The van der Waals surface area contributed by atoms with Crippen LogP contribution >= 0.6 is 0 Å². The maximum atomic E-state index is 11.8. The van der Waals surface area contributed by atoms with Crippen LogP contribution in [0.1, 0.15) is 12.8 Å². The van der Waals surface area contributed by atoms with Gasteiger partial charge in [0.05, 0.1) is 0 Å². The second-order valence-corrected chi connectivity index (χ2v) is 3.73. The Balaban J connectivity index is 2.10. The minimum absolute atomic E-state index is 0.187. The van der Waals surface area contributed by atoms with Crippen molar-refractivity contribution >= 4 is 11.6 Å². The molecule has 0 aliphatic carbocycles. The number of nitrogens with zero attached hydrogens (tertiary/aromatic N) is 2. The van der Waals surface area contributed by atoms with Gasteiger partial charge >= 0.3 is 0 Å². The predicted octanol–water partition coefficient (Wildman–Crippen LogP) is 0.796. The number of pyridine rings is 1. The van der Waals surface area contributed by atoms with E-state index in [2.05, 4.69) is 10.3 Å². The van der Waals surface area contributed by atoms with Gasteiger partial charge in [-0.1, -0.05) is 0 Å². The van der Waals surface area contributed by atoms with Crippen LogP contribution in [0.15, 0.2) is 24.5 Å². The van der Waals surface area contributed by atoms with Gasteiger partial charge in [-0.25, -0.2) is 0 Å². The SMILES string of the molecule is CNC1CCN(c2ccncc2)C(=O)C1. The molecule has 1 fully saturated rings. The normalized spacial score (nSPS) is 21.8.